The van der Waals surface area contributed by atoms with Crippen LogP contribution in [0.5, 0.6) is 5.75 Å². The second kappa shape index (κ2) is 6.56. The Bertz CT molecular complexity index is 1000. The fourth-order valence-corrected chi connectivity index (χ4v) is 4.04. The number of carbonyl (C=O) groups excluding carboxylic acids is 2. The number of ether oxygens (including phenoxy) is 1. The highest BCUT2D eigenvalue weighted by Gasteiger charge is 2.46. The highest BCUT2D eigenvalue weighted by molar-refractivity contribution is 6.32. The van der Waals surface area contributed by atoms with Gasteiger partial charge in [0.2, 0.25) is 0 Å². The van der Waals surface area contributed by atoms with Gasteiger partial charge in [0.1, 0.15) is 11.3 Å². The number of rotatable bonds is 4. The van der Waals surface area contributed by atoms with Crippen molar-refractivity contribution >= 4 is 23.5 Å². The average molecular weight is 398 g/mol. The molecule has 1 fully saturated rings. The lowest BCUT2D eigenvalue weighted by molar-refractivity contribution is 0.0741. The summed E-state index contributed by atoms with van der Waals surface area (Å²) in [6, 6.07) is 10.9. The van der Waals surface area contributed by atoms with Crippen LogP contribution in [0.25, 0.3) is 0 Å². The van der Waals surface area contributed by atoms with Crippen LogP contribution in [0.4, 0.5) is 4.79 Å². The first-order valence-electron chi connectivity index (χ1n) is 8.85. The Hall–Kier alpha value is -2.99. The minimum absolute atomic E-state index is 0.139. The molecule has 2 aromatic carbocycles. The van der Waals surface area contributed by atoms with Crippen LogP contribution in [-0.2, 0) is 12.1 Å². The number of halogens is 1. The molecule has 144 valence electrons. The van der Waals surface area contributed by atoms with E-state index in [1.807, 2.05) is 31.2 Å². The summed E-state index contributed by atoms with van der Waals surface area (Å²) in [5.74, 6) is 0.392. The van der Waals surface area contributed by atoms with Crippen LogP contribution in [0, 0.1) is 6.92 Å². The third-order valence-electron chi connectivity index (χ3n) is 5.34. The number of nitrogens with zero attached hydrogens (tertiary/aromatic N) is 1. The van der Waals surface area contributed by atoms with Crippen molar-refractivity contribution < 1.29 is 14.3 Å². The minimum Gasteiger partial charge on any atom is -0.495 e. The summed E-state index contributed by atoms with van der Waals surface area (Å²) in [6.45, 7) is 6.69. The standard InChI is InChI=1S/C21H20ClN3O3/c1-12-4-6-15(7-5-12)21(13(2)23-20(27)24-21)11-25-10-14-8-18(28-3)17(22)9-16(14)19(25)26/h4-9H,2,10-11H2,1,3H3,(H2,23,24,27). The maximum atomic E-state index is 13.0. The first kappa shape index (κ1) is 18.4. The summed E-state index contributed by atoms with van der Waals surface area (Å²) < 4.78 is 5.26. The Kier molecular flexibility index (Phi) is 4.31. The smallest absolute Gasteiger partial charge is 0.320 e. The van der Waals surface area contributed by atoms with Gasteiger partial charge in [-0.3, -0.25) is 4.79 Å². The summed E-state index contributed by atoms with van der Waals surface area (Å²) in [5.41, 5.74) is 2.96. The van der Waals surface area contributed by atoms with Crippen LogP contribution in [0.1, 0.15) is 27.0 Å². The van der Waals surface area contributed by atoms with Crippen LogP contribution in [0.15, 0.2) is 48.7 Å². The molecule has 1 atom stereocenters. The molecule has 2 aliphatic heterocycles. The highest BCUT2D eigenvalue weighted by Crippen LogP contribution is 2.37. The number of nitrogens with one attached hydrogen (secondary N) is 2. The average Bonchev–Trinajstić information content (AvgIpc) is 3.11. The first-order valence-corrected chi connectivity index (χ1v) is 9.23. The molecule has 0 aliphatic carbocycles. The number of urea groups is 1. The molecule has 6 nitrogen and oxygen atoms in total. The zero-order valence-corrected chi connectivity index (χ0v) is 16.4. The predicted molar refractivity (Wildman–Crippen MR) is 106 cm³/mol. The lowest BCUT2D eigenvalue weighted by Crippen LogP contribution is -2.49. The van der Waals surface area contributed by atoms with E-state index in [0.29, 0.717) is 28.6 Å². The summed E-state index contributed by atoms with van der Waals surface area (Å²) in [6.07, 6.45) is 0. The van der Waals surface area contributed by atoms with Gasteiger partial charge in [0.25, 0.3) is 5.91 Å². The molecule has 1 saturated heterocycles. The van der Waals surface area contributed by atoms with E-state index >= 15 is 0 Å². The van der Waals surface area contributed by atoms with Gasteiger partial charge < -0.3 is 20.3 Å². The molecule has 2 aromatic rings. The Morgan fingerprint density at radius 2 is 1.96 bits per heavy atom. The van der Waals surface area contributed by atoms with Crippen LogP contribution in [0.3, 0.4) is 0 Å². The van der Waals surface area contributed by atoms with Crippen molar-refractivity contribution in [2.45, 2.75) is 19.0 Å². The molecule has 1 unspecified atom stereocenters. The van der Waals surface area contributed by atoms with E-state index in [4.69, 9.17) is 16.3 Å². The van der Waals surface area contributed by atoms with Gasteiger partial charge in [0, 0.05) is 17.8 Å². The molecular formula is C21H20ClN3O3. The maximum absolute atomic E-state index is 13.0. The van der Waals surface area contributed by atoms with Crippen molar-refractivity contribution in [1.29, 1.82) is 0 Å². The fourth-order valence-electron chi connectivity index (χ4n) is 3.80. The number of carbonyl (C=O) groups is 2. The molecule has 0 bridgehead atoms. The zero-order valence-electron chi connectivity index (χ0n) is 15.6. The Morgan fingerprint density at radius 1 is 1.25 bits per heavy atom. The molecule has 0 spiro atoms. The molecule has 2 heterocycles. The molecule has 0 aromatic heterocycles. The number of hydrogen-bond acceptors (Lipinski definition) is 3. The summed E-state index contributed by atoms with van der Waals surface area (Å²) in [5, 5.41) is 6.09. The Labute approximate surface area is 168 Å². The zero-order chi connectivity index (χ0) is 20.1. The van der Waals surface area contributed by atoms with Crippen molar-refractivity contribution in [1.82, 2.24) is 15.5 Å². The monoisotopic (exact) mass is 397 g/mol. The van der Waals surface area contributed by atoms with Crippen molar-refractivity contribution in [2.75, 3.05) is 13.7 Å². The topological polar surface area (TPSA) is 70.7 Å². The van der Waals surface area contributed by atoms with E-state index < -0.39 is 5.54 Å². The van der Waals surface area contributed by atoms with Gasteiger partial charge in [-0.2, -0.15) is 0 Å². The van der Waals surface area contributed by atoms with E-state index in [1.54, 1.807) is 17.0 Å². The van der Waals surface area contributed by atoms with Gasteiger partial charge in [-0.1, -0.05) is 48.0 Å². The summed E-state index contributed by atoms with van der Waals surface area (Å²) in [4.78, 5) is 26.8. The van der Waals surface area contributed by atoms with Gasteiger partial charge in [-0.05, 0) is 30.2 Å². The summed E-state index contributed by atoms with van der Waals surface area (Å²) in [7, 11) is 1.54. The van der Waals surface area contributed by atoms with E-state index in [-0.39, 0.29) is 18.5 Å². The van der Waals surface area contributed by atoms with Crippen LogP contribution >= 0.6 is 11.6 Å². The quantitative estimate of drug-likeness (QED) is 0.831. The van der Waals surface area contributed by atoms with Crippen molar-refractivity contribution in [3.63, 3.8) is 0 Å². The molecule has 2 N–H and O–H groups in total. The lowest BCUT2D eigenvalue weighted by atomic mass is 9.87. The molecule has 28 heavy (non-hydrogen) atoms. The Balaban J connectivity index is 1.71. The SMILES string of the molecule is C=C1NC(=O)NC1(CN1Cc2cc(OC)c(Cl)cc2C1=O)c1ccc(C)cc1. The van der Waals surface area contributed by atoms with Crippen molar-refractivity contribution in [3.05, 3.63) is 76.0 Å². The van der Waals surface area contributed by atoms with Gasteiger partial charge in [-0.25, -0.2) is 4.79 Å². The predicted octanol–water partition coefficient (Wildman–Crippen LogP) is 3.33. The lowest BCUT2D eigenvalue weighted by Gasteiger charge is -2.34. The van der Waals surface area contributed by atoms with E-state index in [2.05, 4.69) is 17.2 Å². The minimum atomic E-state index is -0.906. The van der Waals surface area contributed by atoms with Crippen molar-refractivity contribution in [2.24, 2.45) is 0 Å². The van der Waals surface area contributed by atoms with Crippen LogP contribution in [-0.4, -0.2) is 30.5 Å². The molecule has 2 aliphatic rings. The molecule has 4 rings (SSSR count). The van der Waals surface area contributed by atoms with E-state index in [1.165, 1.54) is 7.11 Å². The van der Waals surface area contributed by atoms with Crippen LogP contribution < -0.4 is 15.4 Å². The van der Waals surface area contributed by atoms with Gasteiger partial charge in [0.15, 0.2) is 0 Å². The second-order valence-corrected chi connectivity index (χ2v) is 7.54. The van der Waals surface area contributed by atoms with Gasteiger partial charge in [-0.15, -0.1) is 0 Å². The largest absolute Gasteiger partial charge is 0.495 e. The highest BCUT2D eigenvalue weighted by atomic mass is 35.5. The molecule has 0 radical (unpaired) electrons. The second-order valence-electron chi connectivity index (χ2n) is 7.13. The first-order chi connectivity index (χ1) is 13.3. The van der Waals surface area contributed by atoms with Gasteiger partial charge in [0.05, 0.1) is 18.7 Å². The molecule has 0 saturated carbocycles. The van der Waals surface area contributed by atoms with Crippen molar-refractivity contribution in [3.8, 4) is 5.75 Å². The molecule has 7 heteroatoms. The number of fused-ring (bicyclic) bond motifs is 1. The number of hydrogen-bond donors (Lipinski definition) is 2. The van der Waals surface area contributed by atoms with E-state index in [9.17, 15) is 9.59 Å². The third-order valence-corrected chi connectivity index (χ3v) is 5.63. The molecular weight excluding hydrogens is 378 g/mol. The molecule has 3 amide bonds. The maximum Gasteiger partial charge on any atom is 0.320 e. The summed E-state index contributed by atoms with van der Waals surface area (Å²) >= 11 is 6.19. The van der Waals surface area contributed by atoms with Crippen LogP contribution in [0.2, 0.25) is 5.02 Å². The fraction of sp³-hybridized carbons (Fsp3) is 0.238. The number of benzene rings is 2. The normalized spacial score (nSPS) is 20.8. The number of aryl methyl sites for hydroxylation is 1. The van der Waals surface area contributed by atoms with Gasteiger partial charge >= 0.3 is 6.03 Å². The number of methoxy groups -OCH3 is 1. The van der Waals surface area contributed by atoms with E-state index in [0.717, 1.165) is 16.7 Å². The Morgan fingerprint density at radius 3 is 2.57 bits per heavy atom. The third kappa shape index (κ3) is 2.81. The number of amides is 3.